The summed E-state index contributed by atoms with van der Waals surface area (Å²) >= 11 is 11.7. The summed E-state index contributed by atoms with van der Waals surface area (Å²) < 4.78 is 26.6. The molecule has 2 N–H and O–H groups in total. The molecule has 0 fully saturated rings. The monoisotopic (exact) mass is 412 g/mol. The van der Waals surface area contributed by atoms with Crippen molar-refractivity contribution in [3.63, 3.8) is 0 Å². The van der Waals surface area contributed by atoms with Crippen molar-refractivity contribution in [2.45, 2.75) is 11.8 Å². The minimum atomic E-state index is -3.59. The summed E-state index contributed by atoms with van der Waals surface area (Å²) in [5, 5.41) is 3.44. The van der Waals surface area contributed by atoms with Crippen LogP contribution < -0.4 is 10.0 Å². The van der Waals surface area contributed by atoms with Crippen molar-refractivity contribution in [1.82, 2.24) is 10.0 Å². The second-order valence-corrected chi connectivity index (χ2v) is 8.09. The second kappa shape index (κ2) is 9.19. The standard InChI is InChI=1S/C18H18Cl2N2O3S/c1-13-2-6-15(7-3-13)26(24,25)22-11-10-21-18(23)9-5-14-4-8-16(19)17(20)12-14/h2-9,12,22H,10-11H2,1H3,(H,21,23)/b9-5+. The van der Waals surface area contributed by atoms with Crippen LogP contribution in [-0.2, 0) is 14.8 Å². The van der Waals surface area contributed by atoms with Gasteiger partial charge in [-0.3, -0.25) is 4.79 Å². The van der Waals surface area contributed by atoms with Crippen LogP contribution in [0, 0.1) is 6.92 Å². The lowest BCUT2D eigenvalue weighted by atomic mass is 10.2. The number of hydrogen-bond donors (Lipinski definition) is 2. The van der Waals surface area contributed by atoms with Gasteiger partial charge in [0.25, 0.3) is 0 Å². The molecule has 8 heteroatoms. The van der Waals surface area contributed by atoms with Gasteiger partial charge in [-0.2, -0.15) is 0 Å². The molecule has 2 aromatic rings. The molecule has 5 nitrogen and oxygen atoms in total. The molecule has 0 aliphatic heterocycles. The molecule has 0 saturated carbocycles. The molecule has 2 rings (SSSR count). The van der Waals surface area contributed by atoms with E-state index >= 15 is 0 Å². The lowest BCUT2D eigenvalue weighted by molar-refractivity contribution is -0.116. The van der Waals surface area contributed by atoms with Crippen molar-refractivity contribution in [2.24, 2.45) is 0 Å². The van der Waals surface area contributed by atoms with E-state index in [2.05, 4.69) is 10.0 Å². The Labute approximate surface area is 163 Å². The maximum Gasteiger partial charge on any atom is 0.244 e. The number of benzene rings is 2. The first-order valence-corrected chi connectivity index (χ1v) is 9.99. The summed E-state index contributed by atoms with van der Waals surface area (Å²) in [5.41, 5.74) is 1.71. The maximum atomic E-state index is 12.1. The highest BCUT2D eigenvalue weighted by molar-refractivity contribution is 7.89. The van der Waals surface area contributed by atoms with E-state index in [1.807, 2.05) is 6.92 Å². The van der Waals surface area contributed by atoms with Gasteiger partial charge >= 0.3 is 0 Å². The van der Waals surface area contributed by atoms with E-state index in [0.29, 0.717) is 10.0 Å². The molecule has 0 spiro atoms. The average molecular weight is 413 g/mol. The lowest BCUT2D eigenvalue weighted by Gasteiger charge is -2.07. The molecule has 2 aromatic carbocycles. The van der Waals surface area contributed by atoms with E-state index in [9.17, 15) is 13.2 Å². The zero-order chi connectivity index (χ0) is 19.2. The zero-order valence-corrected chi connectivity index (χ0v) is 16.3. The third kappa shape index (κ3) is 6.14. The molecule has 0 aliphatic rings. The summed E-state index contributed by atoms with van der Waals surface area (Å²) in [4.78, 5) is 12.0. The fraction of sp³-hybridized carbons (Fsp3) is 0.167. The van der Waals surface area contributed by atoms with Gasteiger partial charge in [0.05, 0.1) is 14.9 Å². The molecule has 0 radical (unpaired) electrons. The highest BCUT2D eigenvalue weighted by Gasteiger charge is 2.12. The number of carbonyl (C=O) groups is 1. The number of hydrogen-bond acceptors (Lipinski definition) is 3. The van der Waals surface area contributed by atoms with Crippen molar-refractivity contribution >= 4 is 45.2 Å². The van der Waals surface area contributed by atoms with Gasteiger partial charge < -0.3 is 5.32 Å². The van der Waals surface area contributed by atoms with Crippen molar-refractivity contribution in [3.05, 3.63) is 69.7 Å². The van der Waals surface area contributed by atoms with Crippen LogP contribution in [0.4, 0.5) is 0 Å². The number of nitrogens with one attached hydrogen (secondary N) is 2. The Morgan fingerprint density at radius 2 is 1.73 bits per heavy atom. The first-order chi connectivity index (χ1) is 12.3. The first kappa shape index (κ1) is 20.5. The Balaban J connectivity index is 1.80. The average Bonchev–Trinajstić information content (AvgIpc) is 2.60. The van der Waals surface area contributed by atoms with Gasteiger partial charge in [-0.25, -0.2) is 13.1 Å². The van der Waals surface area contributed by atoms with Crippen LogP contribution >= 0.6 is 23.2 Å². The van der Waals surface area contributed by atoms with E-state index in [0.717, 1.165) is 11.1 Å². The largest absolute Gasteiger partial charge is 0.351 e. The van der Waals surface area contributed by atoms with Gasteiger partial charge in [0.2, 0.25) is 15.9 Å². The molecule has 0 aliphatic carbocycles. The molecular weight excluding hydrogens is 395 g/mol. The van der Waals surface area contributed by atoms with Crippen molar-refractivity contribution in [2.75, 3.05) is 13.1 Å². The minimum Gasteiger partial charge on any atom is -0.351 e. The molecule has 0 heterocycles. The van der Waals surface area contributed by atoms with Crippen LogP contribution in [0.25, 0.3) is 6.08 Å². The van der Waals surface area contributed by atoms with Gasteiger partial charge in [-0.05, 0) is 42.8 Å². The fourth-order valence-corrected chi connectivity index (χ4v) is 3.36. The third-order valence-corrected chi connectivity index (χ3v) is 5.63. The molecule has 0 aromatic heterocycles. The predicted molar refractivity (Wildman–Crippen MR) is 105 cm³/mol. The van der Waals surface area contributed by atoms with Crippen LogP contribution in [-0.4, -0.2) is 27.4 Å². The molecule has 26 heavy (non-hydrogen) atoms. The molecule has 0 atom stereocenters. The van der Waals surface area contributed by atoms with Crippen LogP contribution in [0.1, 0.15) is 11.1 Å². The van der Waals surface area contributed by atoms with Gasteiger partial charge in [-0.15, -0.1) is 0 Å². The van der Waals surface area contributed by atoms with E-state index in [1.165, 1.54) is 18.2 Å². The van der Waals surface area contributed by atoms with Gasteiger partial charge in [-0.1, -0.05) is 47.0 Å². The van der Waals surface area contributed by atoms with Crippen molar-refractivity contribution < 1.29 is 13.2 Å². The van der Waals surface area contributed by atoms with Crippen LogP contribution in [0.5, 0.6) is 0 Å². The number of rotatable bonds is 7. The van der Waals surface area contributed by atoms with E-state index in [4.69, 9.17) is 23.2 Å². The van der Waals surface area contributed by atoms with E-state index in [-0.39, 0.29) is 23.9 Å². The van der Waals surface area contributed by atoms with Crippen LogP contribution in [0.3, 0.4) is 0 Å². The normalized spacial score (nSPS) is 11.7. The Morgan fingerprint density at radius 3 is 2.38 bits per heavy atom. The molecule has 0 saturated heterocycles. The predicted octanol–water partition coefficient (Wildman–Crippen LogP) is 3.41. The maximum absolute atomic E-state index is 12.1. The van der Waals surface area contributed by atoms with E-state index in [1.54, 1.807) is 36.4 Å². The quantitative estimate of drug-likeness (QED) is 0.540. The highest BCUT2D eigenvalue weighted by atomic mass is 35.5. The van der Waals surface area contributed by atoms with Crippen LogP contribution in [0.2, 0.25) is 10.0 Å². The zero-order valence-electron chi connectivity index (χ0n) is 14.0. The van der Waals surface area contributed by atoms with Crippen molar-refractivity contribution in [3.8, 4) is 0 Å². The number of amides is 1. The Hall–Kier alpha value is -1.86. The number of aryl methyl sites for hydroxylation is 1. The van der Waals surface area contributed by atoms with Crippen molar-refractivity contribution in [1.29, 1.82) is 0 Å². The summed E-state index contributed by atoms with van der Waals surface area (Å²) in [5.74, 6) is -0.342. The lowest BCUT2D eigenvalue weighted by Crippen LogP contribution is -2.34. The fourth-order valence-electron chi connectivity index (χ4n) is 2.02. The SMILES string of the molecule is Cc1ccc(S(=O)(=O)NCCNC(=O)/C=C/c2ccc(Cl)c(Cl)c2)cc1. The summed E-state index contributed by atoms with van der Waals surface area (Å²) in [6.45, 7) is 2.13. The Morgan fingerprint density at radius 1 is 1.04 bits per heavy atom. The molecule has 1 amide bonds. The van der Waals surface area contributed by atoms with Crippen LogP contribution in [0.15, 0.2) is 53.4 Å². The second-order valence-electron chi connectivity index (χ2n) is 5.51. The number of carbonyl (C=O) groups excluding carboxylic acids is 1. The molecule has 0 unspecified atom stereocenters. The van der Waals surface area contributed by atoms with Gasteiger partial charge in [0, 0.05) is 19.2 Å². The summed E-state index contributed by atoms with van der Waals surface area (Å²) in [7, 11) is -3.59. The van der Waals surface area contributed by atoms with Gasteiger partial charge in [0.1, 0.15) is 0 Å². The minimum absolute atomic E-state index is 0.0859. The Bertz CT molecular complexity index is 911. The number of halogens is 2. The summed E-state index contributed by atoms with van der Waals surface area (Å²) in [6, 6.07) is 11.5. The third-order valence-electron chi connectivity index (χ3n) is 3.42. The topological polar surface area (TPSA) is 75.3 Å². The first-order valence-electron chi connectivity index (χ1n) is 7.75. The van der Waals surface area contributed by atoms with E-state index < -0.39 is 10.0 Å². The Kier molecular flexibility index (Phi) is 7.23. The molecule has 0 bridgehead atoms. The van der Waals surface area contributed by atoms with Gasteiger partial charge in [0.15, 0.2) is 0 Å². The summed E-state index contributed by atoms with van der Waals surface area (Å²) in [6.07, 6.45) is 2.93. The molecular formula is C18H18Cl2N2O3S. The smallest absolute Gasteiger partial charge is 0.244 e. The number of sulfonamides is 1. The molecule has 138 valence electrons. The highest BCUT2D eigenvalue weighted by Crippen LogP contribution is 2.23.